The lowest BCUT2D eigenvalue weighted by Gasteiger charge is -2.38. The van der Waals surface area contributed by atoms with Crippen LogP contribution in [0.2, 0.25) is 0 Å². The Morgan fingerprint density at radius 2 is 2.29 bits per heavy atom. The number of hydrogen-bond acceptors (Lipinski definition) is 4. The molecule has 0 atom stereocenters. The molecule has 0 aliphatic carbocycles. The Bertz CT molecular complexity index is 358. The van der Waals surface area contributed by atoms with E-state index < -0.39 is 0 Å². The van der Waals surface area contributed by atoms with Crippen LogP contribution in [0.5, 0.6) is 0 Å². The summed E-state index contributed by atoms with van der Waals surface area (Å²) < 4.78 is 0. The number of nitrogen functional groups attached to an aromatic ring is 1. The number of pyridine rings is 1. The van der Waals surface area contributed by atoms with Gasteiger partial charge in [-0.25, -0.2) is 10.8 Å². The molecule has 0 radical (unpaired) electrons. The van der Waals surface area contributed by atoms with Crippen LogP contribution in [0.4, 0.5) is 5.82 Å². The van der Waals surface area contributed by atoms with Crippen molar-refractivity contribution in [1.82, 2.24) is 9.88 Å². The first-order valence-corrected chi connectivity index (χ1v) is 6.23. The topological polar surface area (TPSA) is 54.2 Å². The minimum Gasteiger partial charge on any atom is -0.308 e. The molecule has 1 fully saturated rings. The van der Waals surface area contributed by atoms with Crippen LogP contribution in [-0.4, -0.2) is 23.0 Å². The third-order valence-electron chi connectivity index (χ3n) is 3.36. The second-order valence-corrected chi connectivity index (χ2v) is 5.67. The number of anilines is 1. The number of rotatable bonds is 3. The van der Waals surface area contributed by atoms with E-state index in [4.69, 9.17) is 5.84 Å². The van der Waals surface area contributed by atoms with Crippen LogP contribution < -0.4 is 11.3 Å². The van der Waals surface area contributed by atoms with Crippen LogP contribution in [0, 0.1) is 5.41 Å². The van der Waals surface area contributed by atoms with Gasteiger partial charge in [0.1, 0.15) is 5.82 Å². The maximum absolute atomic E-state index is 5.30. The van der Waals surface area contributed by atoms with E-state index in [1.807, 2.05) is 12.3 Å². The van der Waals surface area contributed by atoms with Gasteiger partial charge < -0.3 is 5.43 Å². The van der Waals surface area contributed by atoms with E-state index in [-0.39, 0.29) is 0 Å². The van der Waals surface area contributed by atoms with E-state index >= 15 is 0 Å². The second kappa shape index (κ2) is 5.02. The van der Waals surface area contributed by atoms with Crippen molar-refractivity contribution in [3.8, 4) is 0 Å². The third kappa shape index (κ3) is 3.41. The maximum Gasteiger partial charge on any atom is 0.139 e. The van der Waals surface area contributed by atoms with Crippen LogP contribution in [0.3, 0.4) is 0 Å². The molecule has 1 saturated heterocycles. The van der Waals surface area contributed by atoms with E-state index in [0.29, 0.717) is 11.2 Å². The lowest BCUT2D eigenvalue weighted by Crippen LogP contribution is -2.39. The number of aromatic nitrogens is 1. The van der Waals surface area contributed by atoms with E-state index in [9.17, 15) is 0 Å². The largest absolute Gasteiger partial charge is 0.308 e. The average molecular weight is 234 g/mol. The molecule has 0 amide bonds. The lowest BCUT2D eigenvalue weighted by atomic mass is 9.84. The molecule has 2 rings (SSSR count). The minimum absolute atomic E-state index is 0.449. The molecule has 0 spiro atoms. The maximum atomic E-state index is 5.30. The Morgan fingerprint density at radius 1 is 1.47 bits per heavy atom. The monoisotopic (exact) mass is 234 g/mol. The van der Waals surface area contributed by atoms with Crippen LogP contribution in [0.15, 0.2) is 18.3 Å². The van der Waals surface area contributed by atoms with Gasteiger partial charge in [-0.3, -0.25) is 4.90 Å². The normalized spacial score (nSPS) is 20.2. The van der Waals surface area contributed by atoms with Gasteiger partial charge in [0.25, 0.3) is 0 Å². The fourth-order valence-corrected chi connectivity index (χ4v) is 2.54. The third-order valence-corrected chi connectivity index (χ3v) is 3.36. The Morgan fingerprint density at radius 3 is 2.88 bits per heavy atom. The molecule has 2 heterocycles. The molecule has 0 saturated carbocycles. The standard InChI is InChI=1S/C13H22N4/c1-13(2)6-3-7-17(10-13)9-11-4-5-12(16-14)15-8-11/h4-5,8H,3,6-7,9-10,14H2,1-2H3,(H,15,16). The predicted molar refractivity (Wildman–Crippen MR) is 70.3 cm³/mol. The zero-order chi connectivity index (χ0) is 12.3. The highest BCUT2D eigenvalue weighted by atomic mass is 15.2. The first kappa shape index (κ1) is 12.3. The molecule has 1 aliphatic rings. The summed E-state index contributed by atoms with van der Waals surface area (Å²) in [6.45, 7) is 8.04. The fraction of sp³-hybridized carbons (Fsp3) is 0.615. The number of likely N-dealkylation sites (tertiary alicyclic amines) is 1. The Labute approximate surface area is 103 Å². The van der Waals surface area contributed by atoms with Gasteiger partial charge in [-0.15, -0.1) is 0 Å². The molecule has 4 nitrogen and oxygen atoms in total. The summed E-state index contributed by atoms with van der Waals surface area (Å²) in [6, 6.07) is 4.01. The molecular formula is C13H22N4. The highest BCUT2D eigenvalue weighted by Crippen LogP contribution is 2.29. The fourth-order valence-electron chi connectivity index (χ4n) is 2.54. The van der Waals surface area contributed by atoms with Gasteiger partial charge in [-0.1, -0.05) is 19.9 Å². The summed E-state index contributed by atoms with van der Waals surface area (Å²) in [5.41, 5.74) is 4.25. The molecule has 17 heavy (non-hydrogen) atoms. The minimum atomic E-state index is 0.449. The molecule has 3 N–H and O–H groups in total. The van der Waals surface area contributed by atoms with E-state index in [0.717, 1.165) is 6.54 Å². The SMILES string of the molecule is CC1(C)CCCN(Cc2ccc(NN)nc2)C1. The van der Waals surface area contributed by atoms with Crippen molar-refractivity contribution in [1.29, 1.82) is 0 Å². The molecule has 1 aromatic rings. The Balaban J connectivity index is 1.95. The van der Waals surface area contributed by atoms with Crippen molar-refractivity contribution in [2.75, 3.05) is 18.5 Å². The van der Waals surface area contributed by atoms with Crippen molar-refractivity contribution in [3.05, 3.63) is 23.9 Å². The summed E-state index contributed by atoms with van der Waals surface area (Å²) in [7, 11) is 0. The number of nitrogens with zero attached hydrogens (tertiary/aromatic N) is 2. The molecular weight excluding hydrogens is 212 g/mol. The van der Waals surface area contributed by atoms with E-state index in [1.54, 1.807) is 0 Å². The molecule has 4 heteroatoms. The van der Waals surface area contributed by atoms with Gasteiger partial charge >= 0.3 is 0 Å². The summed E-state index contributed by atoms with van der Waals surface area (Å²) in [5, 5.41) is 0. The van der Waals surface area contributed by atoms with Gasteiger partial charge in [0.2, 0.25) is 0 Å². The summed E-state index contributed by atoms with van der Waals surface area (Å²) >= 11 is 0. The molecule has 0 bridgehead atoms. The van der Waals surface area contributed by atoms with Crippen LogP contribution in [-0.2, 0) is 6.54 Å². The van der Waals surface area contributed by atoms with E-state index in [1.165, 1.54) is 31.5 Å². The first-order valence-electron chi connectivity index (χ1n) is 6.23. The lowest BCUT2D eigenvalue weighted by molar-refractivity contribution is 0.111. The van der Waals surface area contributed by atoms with Crippen LogP contribution >= 0.6 is 0 Å². The van der Waals surface area contributed by atoms with Gasteiger partial charge in [0, 0.05) is 19.3 Å². The Kier molecular flexibility index (Phi) is 3.64. The second-order valence-electron chi connectivity index (χ2n) is 5.67. The molecule has 0 aromatic carbocycles. The Hall–Kier alpha value is -1.13. The quantitative estimate of drug-likeness (QED) is 0.620. The zero-order valence-corrected chi connectivity index (χ0v) is 10.7. The zero-order valence-electron chi connectivity index (χ0n) is 10.7. The highest BCUT2D eigenvalue weighted by Gasteiger charge is 2.26. The highest BCUT2D eigenvalue weighted by molar-refractivity contribution is 5.33. The molecule has 0 unspecified atom stereocenters. The summed E-state index contributed by atoms with van der Waals surface area (Å²) in [6.07, 6.45) is 4.53. The van der Waals surface area contributed by atoms with Gasteiger partial charge in [-0.2, -0.15) is 0 Å². The van der Waals surface area contributed by atoms with Crippen molar-refractivity contribution in [3.63, 3.8) is 0 Å². The number of nitrogens with two attached hydrogens (primary N) is 1. The van der Waals surface area contributed by atoms with Crippen molar-refractivity contribution >= 4 is 5.82 Å². The molecule has 1 aliphatic heterocycles. The molecule has 1 aromatic heterocycles. The van der Waals surface area contributed by atoms with Crippen LogP contribution in [0.1, 0.15) is 32.3 Å². The molecule has 94 valence electrons. The van der Waals surface area contributed by atoms with E-state index in [2.05, 4.69) is 35.2 Å². The number of piperidine rings is 1. The average Bonchev–Trinajstić information content (AvgIpc) is 2.29. The summed E-state index contributed by atoms with van der Waals surface area (Å²) in [4.78, 5) is 6.75. The number of nitrogens with one attached hydrogen (secondary N) is 1. The van der Waals surface area contributed by atoms with Crippen molar-refractivity contribution < 1.29 is 0 Å². The van der Waals surface area contributed by atoms with Gasteiger partial charge in [-0.05, 0) is 36.4 Å². The number of hydrazine groups is 1. The van der Waals surface area contributed by atoms with Gasteiger partial charge in [0.05, 0.1) is 0 Å². The number of hydrogen-bond donors (Lipinski definition) is 2. The van der Waals surface area contributed by atoms with Gasteiger partial charge in [0.15, 0.2) is 0 Å². The van der Waals surface area contributed by atoms with Crippen LogP contribution in [0.25, 0.3) is 0 Å². The predicted octanol–water partition coefficient (Wildman–Crippen LogP) is 1.99. The van der Waals surface area contributed by atoms with Crippen molar-refractivity contribution in [2.24, 2.45) is 11.3 Å². The summed E-state index contributed by atoms with van der Waals surface area (Å²) in [5.74, 6) is 6.01. The smallest absolute Gasteiger partial charge is 0.139 e. The van der Waals surface area contributed by atoms with Crippen molar-refractivity contribution in [2.45, 2.75) is 33.2 Å². The first-order chi connectivity index (χ1) is 8.09.